The Kier molecular flexibility index (Phi) is 10.9. The summed E-state index contributed by atoms with van der Waals surface area (Å²) >= 11 is 1.82. The van der Waals surface area contributed by atoms with Gasteiger partial charge in [-0.05, 0) is 24.5 Å². The quantitative estimate of drug-likeness (QED) is 0.211. The van der Waals surface area contributed by atoms with Crippen LogP contribution in [0, 0.1) is 5.92 Å². The molecule has 0 bridgehead atoms. The Morgan fingerprint density at radius 3 is 2.90 bits per heavy atom. The minimum absolute atomic E-state index is 0. The molecular weight excluding hydrogens is 527 g/mol. The average molecular weight is 561 g/mol. The molecule has 31 heavy (non-hydrogen) atoms. The van der Waals surface area contributed by atoms with Crippen LogP contribution in [0.15, 0.2) is 34.2 Å². The SMILES string of the molecule is CN=C(NCC(C)CSc1ccccc1OC)NC1CCc2nc(COC)nn2C1.I. The summed E-state index contributed by atoms with van der Waals surface area (Å²) in [6.07, 6.45) is 1.91. The van der Waals surface area contributed by atoms with Crippen LogP contribution in [0.1, 0.15) is 25.0 Å². The lowest BCUT2D eigenvalue weighted by Gasteiger charge is -2.26. The molecule has 10 heteroatoms. The second-order valence-corrected chi connectivity index (χ2v) is 8.52. The van der Waals surface area contributed by atoms with Gasteiger partial charge < -0.3 is 20.1 Å². The van der Waals surface area contributed by atoms with Gasteiger partial charge >= 0.3 is 0 Å². The zero-order valence-electron chi connectivity index (χ0n) is 18.6. The summed E-state index contributed by atoms with van der Waals surface area (Å²) in [6, 6.07) is 8.42. The third-order valence-electron chi connectivity index (χ3n) is 4.95. The normalized spacial score (nSPS) is 16.8. The highest BCUT2D eigenvalue weighted by atomic mass is 127. The zero-order valence-corrected chi connectivity index (χ0v) is 21.8. The minimum Gasteiger partial charge on any atom is -0.496 e. The summed E-state index contributed by atoms with van der Waals surface area (Å²) in [5.74, 6) is 5.01. The lowest BCUT2D eigenvalue weighted by atomic mass is 10.1. The van der Waals surface area contributed by atoms with Crippen LogP contribution in [0.4, 0.5) is 0 Å². The van der Waals surface area contributed by atoms with E-state index in [9.17, 15) is 0 Å². The van der Waals surface area contributed by atoms with Gasteiger partial charge in [0, 0.05) is 43.8 Å². The van der Waals surface area contributed by atoms with E-state index >= 15 is 0 Å². The molecule has 0 fully saturated rings. The summed E-state index contributed by atoms with van der Waals surface area (Å²) in [6.45, 7) is 4.32. The van der Waals surface area contributed by atoms with Gasteiger partial charge in [0.15, 0.2) is 11.8 Å². The lowest BCUT2D eigenvalue weighted by Crippen LogP contribution is -2.48. The van der Waals surface area contributed by atoms with Crippen LogP contribution in [0.2, 0.25) is 0 Å². The van der Waals surface area contributed by atoms with Crippen molar-refractivity contribution in [2.24, 2.45) is 10.9 Å². The maximum Gasteiger partial charge on any atom is 0.191 e. The number of nitrogens with one attached hydrogen (secondary N) is 2. The third-order valence-corrected chi connectivity index (χ3v) is 6.33. The minimum atomic E-state index is 0. The molecule has 0 aliphatic carbocycles. The van der Waals surface area contributed by atoms with E-state index in [0.717, 1.165) is 55.0 Å². The van der Waals surface area contributed by atoms with Crippen LogP contribution >= 0.6 is 35.7 Å². The summed E-state index contributed by atoms with van der Waals surface area (Å²) in [5.41, 5.74) is 0. The number of aromatic nitrogens is 3. The number of rotatable bonds is 9. The lowest BCUT2D eigenvalue weighted by molar-refractivity contribution is 0.177. The first-order chi connectivity index (χ1) is 14.6. The van der Waals surface area contributed by atoms with E-state index in [1.165, 1.54) is 4.90 Å². The maximum atomic E-state index is 5.43. The van der Waals surface area contributed by atoms with Gasteiger partial charge in [0.2, 0.25) is 0 Å². The Morgan fingerprint density at radius 2 is 2.16 bits per heavy atom. The number of nitrogens with zero attached hydrogens (tertiary/aromatic N) is 4. The molecule has 1 aliphatic rings. The van der Waals surface area contributed by atoms with Crippen molar-refractivity contribution in [2.75, 3.05) is 33.6 Å². The van der Waals surface area contributed by atoms with Crippen molar-refractivity contribution in [2.45, 2.75) is 43.9 Å². The van der Waals surface area contributed by atoms with Gasteiger partial charge in [-0.15, -0.1) is 35.7 Å². The molecule has 1 aromatic heterocycles. The predicted octanol–water partition coefficient (Wildman–Crippen LogP) is 2.96. The first-order valence-corrected chi connectivity index (χ1v) is 11.3. The van der Waals surface area contributed by atoms with Gasteiger partial charge in [0.25, 0.3) is 0 Å². The number of halogens is 1. The highest BCUT2D eigenvalue weighted by Gasteiger charge is 2.22. The molecule has 172 valence electrons. The van der Waals surface area contributed by atoms with E-state index in [1.54, 1.807) is 14.2 Å². The topological polar surface area (TPSA) is 85.6 Å². The van der Waals surface area contributed by atoms with Crippen molar-refractivity contribution < 1.29 is 9.47 Å². The number of aliphatic imine (C=N–C) groups is 1. The molecule has 2 aromatic rings. The van der Waals surface area contributed by atoms with Crippen molar-refractivity contribution in [3.63, 3.8) is 0 Å². The first-order valence-electron chi connectivity index (χ1n) is 10.3. The molecule has 0 radical (unpaired) electrons. The molecule has 1 aliphatic heterocycles. The number of hydrogen-bond acceptors (Lipinski definition) is 6. The van der Waals surface area contributed by atoms with Gasteiger partial charge in [-0.25, -0.2) is 9.67 Å². The van der Waals surface area contributed by atoms with Crippen LogP contribution in [-0.2, 0) is 24.3 Å². The second-order valence-electron chi connectivity index (χ2n) is 7.46. The molecule has 2 N–H and O–H groups in total. The number of aryl methyl sites for hydroxylation is 1. The number of fused-ring (bicyclic) bond motifs is 1. The van der Waals surface area contributed by atoms with Crippen LogP contribution in [-0.4, -0.2) is 60.3 Å². The van der Waals surface area contributed by atoms with Gasteiger partial charge in [-0.3, -0.25) is 4.99 Å². The number of guanidine groups is 1. The zero-order chi connectivity index (χ0) is 21.3. The Hall–Kier alpha value is -1.53. The smallest absolute Gasteiger partial charge is 0.191 e. The number of benzene rings is 1. The molecule has 0 spiro atoms. The predicted molar refractivity (Wildman–Crippen MR) is 136 cm³/mol. The monoisotopic (exact) mass is 560 g/mol. The fraction of sp³-hybridized carbons (Fsp3) is 0.571. The van der Waals surface area contributed by atoms with E-state index in [1.807, 2.05) is 41.7 Å². The molecule has 3 rings (SSSR count). The summed E-state index contributed by atoms with van der Waals surface area (Å²) in [7, 11) is 5.19. The van der Waals surface area contributed by atoms with Crippen molar-refractivity contribution >= 4 is 41.7 Å². The molecule has 0 saturated heterocycles. The molecular formula is C21H33IN6O2S. The summed E-state index contributed by atoms with van der Waals surface area (Å²) in [5, 5.41) is 11.5. The highest BCUT2D eigenvalue weighted by Crippen LogP contribution is 2.29. The molecule has 8 nitrogen and oxygen atoms in total. The van der Waals surface area contributed by atoms with Gasteiger partial charge in [-0.1, -0.05) is 19.1 Å². The van der Waals surface area contributed by atoms with E-state index in [2.05, 4.69) is 38.7 Å². The summed E-state index contributed by atoms with van der Waals surface area (Å²) in [4.78, 5) is 10.1. The Labute approximate surface area is 206 Å². The molecule has 0 saturated carbocycles. The average Bonchev–Trinajstić information content (AvgIpc) is 3.17. The van der Waals surface area contributed by atoms with E-state index in [4.69, 9.17) is 9.47 Å². The number of methoxy groups -OCH3 is 2. The molecule has 2 atom stereocenters. The van der Waals surface area contributed by atoms with Crippen LogP contribution in [0.25, 0.3) is 0 Å². The van der Waals surface area contributed by atoms with Gasteiger partial charge in [-0.2, -0.15) is 5.10 Å². The molecule has 1 aromatic carbocycles. The fourth-order valence-electron chi connectivity index (χ4n) is 3.36. The van der Waals surface area contributed by atoms with Crippen molar-refractivity contribution in [3.8, 4) is 5.75 Å². The standard InChI is InChI=1S/C21H32N6O2S.HI/c1-15(14-30-18-8-6-5-7-17(18)29-4)11-23-21(22-2)24-16-9-10-20-25-19(13-28-3)26-27(20)12-16;/h5-8,15-16H,9-14H2,1-4H3,(H2,22,23,24);1H. The van der Waals surface area contributed by atoms with E-state index in [0.29, 0.717) is 12.5 Å². The highest BCUT2D eigenvalue weighted by molar-refractivity contribution is 14.0. The van der Waals surface area contributed by atoms with Crippen molar-refractivity contribution in [1.29, 1.82) is 0 Å². The summed E-state index contributed by atoms with van der Waals surface area (Å²) < 4.78 is 12.6. The van der Waals surface area contributed by atoms with E-state index in [-0.39, 0.29) is 30.0 Å². The molecule has 2 unspecified atom stereocenters. The van der Waals surface area contributed by atoms with E-state index < -0.39 is 0 Å². The second kappa shape index (κ2) is 13.1. The largest absolute Gasteiger partial charge is 0.496 e. The number of hydrogen-bond donors (Lipinski definition) is 2. The van der Waals surface area contributed by atoms with Crippen LogP contribution in [0.5, 0.6) is 5.75 Å². The maximum absolute atomic E-state index is 5.43. The van der Waals surface area contributed by atoms with Crippen molar-refractivity contribution in [1.82, 2.24) is 25.4 Å². The van der Waals surface area contributed by atoms with Gasteiger partial charge in [0.1, 0.15) is 18.2 Å². The third kappa shape index (κ3) is 7.53. The Balaban J connectivity index is 0.00000341. The fourth-order valence-corrected chi connectivity index (χ4v) is 4.41. The van der Waals surface area contributed by atoms with Crippen LogP contribution in [0.3, 0.4) is 0 Å². The Morgan fingerprint density at radius 1 is 1.35 bits per heavy atom. The number of ether oxygens (including phenoxy) is 2. The molecule has 2 heterocycles. The van der Waals surface area contributed by atoms with Crippen molar-refractivity contribution in [3.05, 3.63) is 35.9 Å². The molecule has 0 amide bonds. The Bertz CT molecular complexity index is 847. The van der Waals surface area contributed by atoms with Gasteiger partial charge in [0.05, 0.1) is 13.7 Å². The number of thioether (sulfide) groups is 1. The first kappa shape index (κ1) is 25.7. The van der Waals surface area contributed by atoms with Crippen LogP contribution < -0.4 is 15.4 Å². The number of para-hydroxylation sites is 1.